The summed E-state index contributed by atoms with van der Waals surface area (Å²) in [5.41, 5.74) is -0.481. The molecule has 20 heavy (non-hydrogen) atoms. The van der Waals surface area contributed by atoms with Crippen LogP contribution in [-0.2, 0) is 23.8 Å². The Kier molecular flexibility index (Phi) is 7.59. The van der Waals surface area contributed by atoms with E-state index in [-0.39, 0.29) is 11.9 Å². The molecule has 0 radical (unpaired) electrons. The highest BCUT2D eigenvalue weighted by Gasteiger charge is 2.40. The molecule has 0 heterocycles. The molecule has 1 atom stereocenters. The van der Waals surface area contributed by atoms with E-state index < -0.39 is 5.60 Å². The Balaban J connectivity index is 2.65. The minimum absolute atomic E-state index is 0.204. The quantitative estimate of drug-likeness (QED) is 0.456. The van der Waals surface area contributed by atoms with Crippen LogP contribution in [0.25, 0.3) is 0 Å². The summed E-state index contributed by atoms with van der Waals surface area (Å²) in [5.74, 6) is -0.468. The predicted molar refractivity (Wildman–Crippen MR) is 74.2 cm³/mol. The van der Waals surface area contributed by atoms with E-state index in [1.165, 1.54) is 0 Å². The van der Waals surface area contributed by atoms with E-state index in [0.29, 0.717) is 32.5 Å². The number of carbonyl (C=O) groups is 2. The van der Waals surface area contributed by atoms with Crippen LogP contribution in [-0.4, -0.2) is 38.4 Å². The van der Waals surface area contributed by atoms with Crippen molar-refractivity contribution in [2.45, 2.75) is 57.5 Å². The third kappa shape index (κ3) is 5.12. The standard InChI is InChI=1S/C15H26O5/c1-3-9-19-14(17)13(6-10-18-2)11-15(20-12-16)7-4-5-8-15/h12-13H,3-11H2,1-2H3/t13-/m1/s1. The van der Waals surface area contributed by atoms with Gasteiger partial charge in [0.05, 0.1) is 12.5 Å². The Labute approximate surface area is 121 Å². The van der Waals surface area contributed by atoms with E-state index in [1.807, 2.05) is 6.92 Å². The van der Waals surface area contributed by atoms with Crippen LogP contribution in [0, 0.1) is 5.92 Å². The first kappa shape index (κ1) is 17.0. The average Bonchev–Trinajstić information content (AvgIpc) is 2.89. The molecule has 1 rings (SSSR count). The number of methoxy groups -OCH3 is 1. The SMILES string of the molecule is CCCOC(=O)[C@H](CCOC)CC1(OC=O)CCCC1. The average molecular weight is 286 g/mol. The van der Waals surface area contributed by atoms with Crippen molar-refractivity contribution in [2.75, 3.05) is 20.3 Å². The third-order valence-electron chi connectivity index (χ3n) is 3.88. The lowest BCUT2D eigenvalue weighted by atomic mass is 9.87. The molecule has 0 aromatic rings. The van der Waals surface area contributed by atoms with Gasteiger partial charge in [0, 0.05) is 20.1 Å². The number of ether oxygens (including phenoxy) is 3. The summed E-state index contributed by atoms with van der Waals surface area (Å²) in [6.45, 7) is 3.41. The summed E-state index contributed by atoms with van der Waals surface area (Å²) in [4.78, 5) is 22.9. The van der Waals surface area contributed by atoms with Gasteiger partial charge < -0.3 is 14.2 Å². The molecule has 5 nitrogen and oxygen atoms in total. The summed E-state index contributed by atoms with van der Waals surface area (Å²) in [6, 6.07) is 0. The molecule has 0 N–H and O–H groups in total. The Morgan fingerprint density at radius 1 is 1.30 bits per heavy atom. The minimum atomic E-state index is -0.481. The molecule has 1 aliphatic rings. The van der Waals surface area contributed by atoms with Gasteiger partial charge in [-0.2, -0.15) is 0 Å². The molecule has 0 bridgehead atoms. The highest BCUT2D eigenvalue weighted by molar-refractivity contribution is 5.72. The maximum Gasteiger partial charge on any atom is 0.309 e. The van der Waals surface area contributed by atoms with Gasteiger partial charge in [0.25, 0.3) is 6.47 Å². The third-order valence-corrected chi connectivity index (χ3v) is 3.88. The normalized spacial score (nSPS) is 18.5. The van der Waals surface area contributed by atoms with Gasteiger partial charge in [-0.3, -0.25) is 9.59 Å². The van der Waals surface area contributed by atoms with Crippen LogP contribution in [0.2, 0.25) is 0 Å². The Morgan fingerprint density at radius 2 is 2.00 bits per heavy atom. The molecule has 0 aliphatic heterocycles. The van der Waals surface area contributed by atoms with E-state index in [4.69, 9.17) is 14.2 Å². The number of hydrogen-bond donors (Lipinski definition) is 0. The molecule has 1 aliphatic carbocycles. The lowest BCUT2D eigenvalue weighted by Gasteiger charge is -2.30. The lowest BCUT2D eigenvalue weighted by molar-refractivity contribution is -0.157. The number of carbonyl (C=O) groups excluding carboxylic acids is 2. The van der Waals surface area contributed by atoms with Crippen molar-refractivity contribution in [3.63, 3.8) is 0 Å². The molecular formula is C15H26O5. The van der Waals surface area contributed by atoms with Crippen LogP contribution in [0.4, 0.5) is 0 Å². The second-order valence-electron chi connectivity index (χ2n) is 5.45. The van der Waals surface area contributed by atoms with Gasteiger partial charge in [0.15, 0.2) is 0 Å². The predicted octanol–water partition coefficient (Wildman–Crippen LogP) is 2.47. The molecule has 1 saturated carbocycles. The van der Waals surface area contributed by atoms with E-state index in [1.54, 1.807) is 7.11 Å². The van der Waals surface area contributed by atoms with E-state index in [2.05, 4.69) is 0 Å². The fraction of sp³-hybridized carbons (Fsp3) is 0.867. The van der Waals surface area contributed by atoms with Gasteiger partial charge in [0.2, 0.25) is 0 Å². The summed E-state index contributed by atoms with van der Waals surface area (Å²) in [5, 5.41) is 0. The molecule has 0 spiro atoms. The van der Waals surface area contributed by atoms with E-state index >= 15 is 0 Å². The minimum Gasteiger partial charge on any atom is -0.465 e. The Hall–Kier alpha value is -1.10. The van der Waals surface area contributed by atoms with Crippen LogP contribution < -0.4 is 0 Å². The van der Waals surface area contributed by atoms with Crippen molar-refractivity contribution >= 4 is 12.4 Å². The lowest BCUT2D eigenvalue weighted by Crippen LogP contribution is -2.35. The largest absolute Gasteiger partial charge is 0.465 e. The van der Waals surface area contributed by atoms with Crippen LogP contribution >= 0.6 is 0 Å². The van der Waals surface area contributed by atoms with Crippen LogP contribution in [0.1, 0.15) is 51.9 Å². The van der Waals surface area contributed by atoms with Crippen LogP contribution in [0.5, 0.6) is 0 Å². The number of esters is 1. The molecule has 0 aromatic heterocycles. The van der Waals surface area contributed by atoms with E-state index in [9.17, 15) is 9.59 Å². The summed E-state index contributed by atoms with van der Waals surface area (Å²) in [7, 11) is 1.61. The fourth-order valence-corrected chi connectivity index (χ4v) is 2.82. The smallest absolute Gasteiger partial charge is 0.309 e. The maximum absolute atomic E-state index is 12.1. The van der Waals surface area contributed by atoms with Gasteiger partial charge in [-0.05, 0) is 38.5 Å². The zero-order valence-electron chi connectivity index (χ0n) is 12.6. The summed E-state index contributed by atoms with van der Waals surface area (Å²) >= 11 is 0. The molecule has 0 unspecified atom stereocenters. The number of rotatable bonds is 10. The summed E-state index contributed by atoms with van der Waals surface area (Å²) < 4.78 is 15.6. The molecular weight excluding hydrogens is 260 g/mol. The first-order chi connectivity index (χ1) is 9.67. The van der Waals surface area contributed by atoms with Crippen molar-refractivity contribution < 1.29 is 23.8 Å². The van der Waals surface area contributed by atoms with Crippen molar-refractivity contribution in [3.05, 3.63) is 0 Å². The van der Waals surface area contributed by atoms with Crippen molar-refractivity contribution in [3.8, 4) is 0 Å². The molecule has 1 fully saturated rings. The monoisotopic (exact) mass is 286 g/mol. The van der Waals surface area contributed by atoms with Gasteiger partial charge in [-0.15, -0.1) is 0 Å². The van der Waals surface area contributed by atoms with Crippen LogP contribution in [0.15, 0.2) is 0 Å². The van der Waals surface area contributed by atoms with Crippen LogP contribution in [0.3, 0.4) is 0 Å². The van der Waals surface area contributed by atoms with E-state index in [0.717, 1.165) is 32.1 Å². The second kappa shape index (κ2) is 8.95. The molecule has 5 heteroatoms. The zero-order valence-corrected chi connectivity index (χ0v) is 12.6. The zero-order chi connectivity index (χ0) is 14.8. The Bertz CT molecular complexity index is 297. The van der Waals surface area contributed by atoms with Gasteiger partial charge in [-0.25, -0.2) is 0 Å². The highest BCUT2D eigenvalue weighted by atomic mass is 16.5. The molecule has 0 aromatic carbocycles. The van der Waals surface area contributed by atoms with Gasteiger partial charge in [-0.1, -0.05) is 6.92 Å². The van der Waals surface area contributed by atoms with Crippen molar-refractivity contribution in [2.24, 2.45) is 5.92 Å². The fourth-order valence-electron chi connectivity index (χ4n) is 2.82. The first-order valence-electron chi connectivity index (χ1n) is 7.44. The maximum atomic E-state index is 12.1. The second-order valence-corrected chi connectivity index (χ2v) is 5.45. The van der Waals surface area contributed by atoms with Gasteiger partial charge >= 0.3 is 5.97 Å². The highest BCUT2D eigenvalue weighted by Crippen LogP contribution is 2.39. The van der Waals surface area contributed by atoms with Gasteiger partial charge in [0.1, 0.15) is 5.60 Å². The summed E-state index contributed by atoms with van der Waals surface area (Å²) in [6.07, 6.45) is 5.68. The first-order valence-corrected chi connectivity index (χ1v) is 7.44. The molecule has 0 saturated heterocycles. The Morgan fingerprint density at radius 3 is 2.55 bits per heavy atom. The van der Waals surface area contributed by atoms with Crippen molar-refractivity contribution in [1.82, 2.24) is 0 Å². The van der Waals surface area contributed by atoms with Crippen molar-refractivity contribution in [1.29, 1.82) is 0 Å². The molecule has 0 amide bonds. The molecule has 116 valence electrons. The number of hydrogen-bond acceptors (Lipinski definition) is 5. The topological polar surface area (TPSA) is 61.8 Å².